The molecular formula is C12H8F2N2OS. The molecule has 1 aromatic carbocycles. The first-order chi connectivity index (χ1) is 8.58. The van der Waals surface area contributed by atoms with Gasteiger partial charge in [0, 0.05) is 12.3 Å². The molecule has 0 aliphatic rings. The van der Waals surface area contributed by atoms with Crippen molar-refractivity contribution in [2.45, 2.75) is 0 Å². The number of benzene rings is 1. The second kappa shape index (κ2) is 5.05. The number of ether oxygens (including phenoxy) is 1. The van der Waals surface area contributed by atoms with Crippen molar-refractivity contribution in [3.63, 3.8) is 0 Å². The number of rotatable bonds is 3. The van der Waals surface area contributed by atoms with E-state index in [1.807, 2.05) is 0 Å². The van der Waals surface area contributed by atoms with E-state index in [1.165, 1.54) is 30.5 Å². The van der Waals surface area contributed by atoms with Gasteiger partial charge in [-0.2, -0.15) is 4.39 Å². The Bertz CT molecular complexity index is 604. The molecule has 1 aromatic heterocycles. The molecule has 2 aromatic rings. The van der Waals surface area contributed by atoms with Crippen molar-refractivity contribution < 1.29 is 13.5 Å². The zero-order valence-corrected chi connectivity index (χ0v) is 9.88. The summed E-state index contributed by atoms with van der Waals surface area (Å²) in [4.78, 5) is 4.00. The Hall–Kier alpha value is -2.08. The van der Waals surface area contributed by atoms with Crippen LogP contribution in [0.25, 0.3) is 0 Å². The molecular weight excluding hydrogens is 258 g/mol. The number of nitrogens with two attached hydrogens (primary N) is 1. The molecule has 0 atom stereocenters. The highest BCUT2D eigenvalue weighted by Crippen LogP contribution is 2.25. The highest BCUT2D eigenvalue weighted by Gasteiger charge is 2.10. The Labute approximate surface area is 107 Å². The Balaban J connectivity index is 2.31. The lowest BCUT2D eigenvalue weighted by atomic mass is 10.3. The van der Waals surface area contributed by atoms with Crippen molar-refractivity contribution in [2.75, 3.05) is 0 Å². The van der Waals surface area contributed by atoms with Gasteiger partial charge in [0.2, 0.25) is 5.82 Å². The standard InChI is InChI=1S/C12H8F2N2OS/c13-8-2-1-3-10(11(8)14)17-7-4-5-16-9(6-7)12(15)18/h1-6H,(H2,15,18). The van der Waals surface area contributed by atoms with Crippen LogP contribution in [0.4, 0.5) is 8.78 Å². The third kappa shape index (κ3) is 2.60. The summed E-state index contributed by atoms with van der Waals surface area (Å²) in [5, 5.41) is 0. The predicted octanol–water partition coefficient (Wildman–Crippen LogP) is 2.79. The smallest absolute Gasteiger partial charge is 0.201 e. The summed E-state index contributed by atoms with van der Waals surface area (Å²) in [6, 6.07) is 6.62. The molecule has 1 heterocycles. The maximum Gasteiger partial charge on any atom is 0.201 e. The molecule has 0 aliphatic carbocycles. The lowest BCUT2D eigenvalue weighted by Gasteiger charge is -2.07. The number of halogens is 2. The van der Waals surface area contributed by atoms with E-state index in [0.29, 0.717) is 5.69 Å². The van der Waals surface area contributed by atoms with E-state index in [1.54, 1.807) is 0 Å². The molecule has 0 unspecified atom stereocenters. The van der Waals surface area contributed by atoms with Crippen molar-refractivity contribution in [2.24, 2.45) is 5.73 Å². The van der Waals surface area contributed by atoms with E-state index < -0.39 is 11.6 Å². The van der Waals surface area contributed by atoms with Crippen molar-refractivity contribution in [1.29, 1.82) is 0 Å². The average molecular weight is 266 g/mol. The molecule has 6 heteroatoms. The normalized spacial score (nSPS) is 10.1. The van der Waals surface area contributed by atoms with Gasteiger partial charge in [-0.25, -0.2) is 4.39 Å². The molecule has 2 N–H and O–H groups in total. The zero-order valence-electron chi connectivity index (χ0n) is 9.06. The third-order valence-electron chi connectivity index (χ3n) is 2.13. The maximum atomic E-state index is 13.4. The van der Waals surface area contributed by atoms with E-state index in [4.69, 9.17) is 22.7 Å². The van der Waals surface area contributed by atoms with Crippen LogP contribution in [0.1, 0.15) is 5.69 Å². The fraction of sp³-hybridized carbons (Fsp3) is 0. The first-order valence-electron chi connectivity index (χ1n) is 4.95. The topological polar surface area (TPSA) is 48.1 Å². The fourth-order valence-corrected chi connectivity index (χ4v) is 1.41. The highest BCUT2D eigenvalue weighted by atomic mass is 32.1. The van der Waals surface area contributed by atoms with E-state index in [9.17, 15) is 8.78 Å². The molecule has 92 valence electrons. The van der Waals surface area contributed by atoms with Gasteiger partial charge in [0.25, 0.3) is 0 Å². The number of nitrogens with zero attached hydrogens (tertiary/aromatic N) is 1. The lowest BCUT2D eigenvalue weighted by Crippen LogP contribution is -2.11. The van der Waals surface area contributed by atoms with Gasteiger partial charge in [0.15, 0.2) is 11.6 Å². The molecule has 3 nitrogen and oxygen atoms in total. The Morgan fingerprint density at radius 1 is 1.28 bits per heavy atom. The summed E-state index contributed by atoms with van der Waals surface area (Å²) in [6.07, 6.45) is 1.42. The van der Waals surface area contributed by atoms with Gasteiger partial charge in [0.05, 0.1) is 0 Å². The van der Waals surface area contributed by atoms with Crippen LogP contribution in [0.15, 0.2) is 36.5 Å². The van der Waals surface area contributed by atoms with Gasteiger partial charge >= 0.3 is 0 Å². The fourth-order valence-electron chi connectivity index (χ4n) is 1.30. The molecule has 0 bridgehead atoms. The van der Waals surface area contributed by atoms with Gasteiger partial charge in [-0.3, -0.25) is 4.98 Å². The molecule has 0 radical (unpaired) electrons. The molecule has 0 saturated heterocycles. The molecule has 0 amide bonds. The van der Waals surface area contributed by atoms with Crippen molar-refractivity contribution in [3.05, 3.63) is 53.9 Å². The van der Waals surface area contributed by atoms with E-state index in [-0.39, 0.29) is 16.5 Å². The SMILES string of the molecule is NC(=S)c1cc(Oc2cccc(F)c2F)ccn1. The summed E-state index contributed by atoms with van der Waals surface area (Å²) in [6.45, 7) is 0. The van der Waals surface area contributed by atoms with Gasteiger partial charge in [-0.05, 0) is 18.2 Å². The van der Waals surface area contributed by atoms with Crippen LogP contribution in [0.3, 0.4) is 0 Å². The van der Waals surface area contributed by atoms with Crippen molar-refractivity contribution in [3.8, 4) is 11.5 Å². The van der Waals surface area contributed by atoms with E-state index in [0.717, 1.165) is 6.07 Å². The van der Waals surface area contributed by atoms with Crippen LogP contribution in [0.2, 0.25) is 0 Å². The van der Waals surface area contributed by atoms with Crippen molar-refractivity contribution in [1.82, 2.24) is 4.98 Å². The largest absolute Gasteiger partial charge is 0.454 e. The zero-order chi connectivity index (χ0) is 13.1. The molecule has 0 aliphatic heterocycles. The third-order valence-corrected chi connectivity index (χ3v) is 2.34. The first-order valence-corrected chi connectivity index (χ1v) is 5.36. The monoisotopic (exact) mass is 266 g/mol. The van der Waals surface area contributed by atoms with Crippen LogP contribution in [-0.4, -0.2) is 9.97 Å². The van der Waals surface area contributed by atoms with Crippen LogP contribution in [0, 0.1) is 11.6 Å². The summed E-state index contributed by atoms with van der Waals surface area (Å²) in [5.41, 5.74) is 5.76. The Morgan fingerprint density at radius 3 is 2.78 bits per heavy atom. The minimum absolute atomic E-state index is 0.0974. The van der Waals surface area contributed by atoms with Gasteiger partial charge < -0.3 is 10.5 Å². The number of pyridine rings is 1. The van der Waals surface area contributed by atoms with Crippen molar-refractivity contribution >= 4 is 17.2 Å². The van der Waals surface area contributed by atoms with E-state index >= 15 is 0 Å². The molecule has 18 heavy (non-hydrogen) atoms. The summed E-state index contributed by atoms with van der Waals surface area (Å²) in [7, 11) is 0. The van der Waals surface area contributed by atoms with Crippen LogP contribution in [0.5, 0.6) is 11.5 Å². The van der Waals surface area contributed by atoms with Gasteiger partial charge in [0.1, 0.15) is 16.4 Å². The highest BCUT2D eigenvalue weighted by molar-refractivity contribution is 7.80. The number of hydrogen-bond acceptors (Lipinski definition) is 3. The summed E-state index contributed by atoms with van der Waals surface area (Å²) >= 11 is 4.76. The molecule has 0 fully saturated rings. The van der Waals surface area contributed by atoms with Crippen LogP contribution >= 0.6 is 12.2 Å². The summed E-state index contributed by atoms with van der Waals surface area (Å²) < 4.78 is 31.6. The Morgan fingerprint density at radius 2 is 2.06 bits per heavy atom. The van der Waals surface area contributed by atoms with Crippen LogP contribution < -0.4 is 10.5 Å². The van der Waals surface area contributed by atoms with Gasteiger partial charge in [-0.1, -0.05) is 18.3 Å². The minimum atomic E-state index is -1.05. The quantitative estimate of drug-likeness (QED) is 0.868. The average Bonchev–Trinajstić information content (AvgIpc) is 2.35. The number of aromatic nitrogens is 1. The predicted molar refractivity (Wildman–Crippen MR) is 66.6 cm³/mol. The first kappa shape index (κ1) is 12.4. The van der Waals surface area contributed by atoms with E-state index in [2.05, 4.69) is 4.98 Å². The second-order valence-electron chi connectivity index (χ2n) is 3.40. The van der Waals surface area contributed by atoms with Crippen LogP contribution in [-0.2, 0) is 0 Å². The molecule has 2 rings (SSSR count). The Kier molecular flexibility index (Phi) is 3.47. The second-order valence-corrected chi connectivity index (χ2v) is 3.83. The number of hydrogen-bond donors (Lipinski definition) is 1. The lowest BCUT2D eigenvalue weighted by molar-refractivity contribution is 0.415. The van der Waals surface area contributed by atoms with Gasteiger partial charge in [-0.15, -0.1) is 0 Å². The maximum absolute atomic E-state index is 13.4. The minimum Gasteiger partial charge on any atom is -0.454 e. The number of thiocarbonyl (C=S) groups is 1. The summed E-state index contributed by atoms with van der Waals surface area (Å²) in [5.74, 6) is -1.96. The molecule has 0 saturated carbocycles. The molecule has 0 spiro atoms.